The maximum Gasteiger partial charge on any atom is 0.267 e. The van der Waals surface area contributed by atoms with E-state index in [1.165, 1.54) is 11.8 Å². The van der Waals surface area contributed by atoms with Gasteiger partial charge in [-0.25, -0.2) is 0 Å². The number of ether oxygens (including phenoxy) is 2. The molecule has 1 saturated heterocycles. The monoisotopic (exact) mass is 453 g/mol. The van der Waals surface area contributed by atoms with Gasteiger partial charge in [0.25, 0.3) is 5.91 Å². The predicted molar refractivity (Wildman–Crippen MR) is 124 cm³/mol. The number of nitrogens with zero attached hydrogens (tertiary/aromatic N) is 3. The predicted octanol–water partition coefficient (Wildman–Crippen LogP) is 4.86. The van der Waals surface area contributed by atoms with Crippen molar-refractivity contribution in [2.45, 2.75) is 6.54 Å². The third-order valence-corrected chi connectivity index (χ3v) is 6.16. The van der Waals surface area contributed by atoms with Crippen molar-refractivity contribution in [3.05, 3.63) is 75.2 Å². The van der Waals surface area contributed by atoms with Crippen LogP contribution in [0.3, 0.4) is 0 Å². The van der Waals surface area contributed by atoms with E-state index in [1.54, 1.807) is 61.1 Å². The van der Waals surface area contributed by atoms with E-state index in [0.717, 1.165) is 10.4 Å². The van der Waals surface area contributed by atoms with Gasteiger partial charge in [-0.05, 0) is 59.1 Å². The lowest BCUT2D eigenvalue weighted by Crippen LogP contribution is -2.28. The van der Waals surface area contributed by atoms with Crippen LogP contribution in [0.5, 0.6) is 11.5 Å². The Bertz CT molecular complexity index is 1140. The summed E-state index contributed by atoms with van der Waals surface area (Å²) < 4.78 is 16.1. The highest BCUT2D eigenvalue weighted by atomic mass is 32.2. The molecule has 7 nitrogen and oxygen atoms in total. The second kappa shape index (κ2) is 9.67. The second-order valence-corrected chi connectivity index (χ2v) is 8.33. The van der Waals surface area contributed by atoms with Crippen LogP contribution in [-0.2, 0) is 11.3 Å². The highest BCUT2D eigenvalue weighted by Gasteiger charge is 2.34. The fraction of sp³-hybridized carbons (Fsp3) is 0.136. The Morgan fingerprint density at radius 3 is 2.71 bits per heavy atom. The van der Waals surface area contributed by atoms with Gasteiger partial charge in [-0.3, -0.25) is 9.69 Å². The highest BCUT2D eigenvalue weighted by Crippen LogP contribution is 2.35. The average Bonchev–Trinajstić information content (AvgIpc) is 3.54. The summed E-state index contributed by atoms with van der Waals surface area (Å²) in [5, 5.41) is 10.9. The Balaban J connectivity index is 1.63. The van der Waals surface area contributed by atoms with Crippen LogP contribution in [0.25, 0.3) is 6.08 Å². The van der Waals surface area contributed by atoms with Crippen molar-refractivity contribution in [2.75, 3.05) is 14.2 Å². The second-order valence-electron chi connectivity index (χ2n) is 6.34. The largest absolute Gasteiger partial charge is 0.493 e. The molecule has 1 aromatic carbocycles. The zero-order valence-electron chi connectivity index (χ0n) is 16.8. The first-order valence-corrected chi connectivity index (χ1v) is 11.0. The lowest BCUT2D eigenvalue weighted by molar-refractivity contribution is -0.122. The van der Waals surface area contributed by atoms with Crippen LogP contribution in [0.4, 0.5) is 0 Å². The Labute approximate surface area is 187 Å². The molecule has 1 fully saturated rings. The summed E-state index contributed by atoms with van der Waals surface area (Å²) in [5.41, 5.74) is 0.815. The molecule has 2 aromatic heterocycles. The Kier molecular flexibility index (Phi) is 6.54. The van der Waals surface area contributed by atoms with E-state index in [1.807, 2.05) is 35.7 Å². The Hall–Kier alpha value is -3.30. The third-order valence-electron chi connectivity index (χ3n) is 4.36. The Morgan fingerprint density at radius 1 is 1.13 bits per heavy atom. The van der Waals surface area contributed by atoms with Gasteiger partial charge in [0.15, 0.2) is 16.7 Å². The maximum atomic E-state index is 13.1. The number of carbonyl (C=O) groups is 1. The number of carbonyl (C=O) groups excluding carboxylic acids is 1. The van der Waals surface area contributed by atoms with E-state index < -0.39 is 0 Å². The number of thiophene rings is 1. The van der Waals surface area contributed by atoms with Crippen LogP contribution in [0.2, 0.25) is 0 Å². The maximum absolute atomic E-state index is 13.1. The third kappa shape index (κ3) is 4.89. The van der Waals surface area contributed by atoms with E-state index in [2.05, 4.69) is 10.2 Å². The van der Waals surface area contributed by atoms with Gasteiger partial charge in [0, 0.05) is 4.88 Å². The number of furan rings is 1. The SMILES string of the molecule is COc1ccc(/C=C2\S/C(=N/N=C\c3cccs3)N(Cc3ccco3)C2=O)cc1OC. The van der Waals surface area contributed by atoms with E-state index in [-0.39, 0.29) is 12.5 Å². The molecule has 9 heteroatoms. The van der Waals surface area contributed by atoms with Crippen LogP contribution in [0.15, 0.2) is 73.6 Å². The Morgan fingerprint density at radius 2 is 2.00 bits per heavy atom. The van der Waals surface area contributed by atoms with Crippen molar-refractivity contribution in [3.8, 4) is 11.5 Å². The lowest BCUT2D eigenvalue weighted by Gasteiger charge is -2.12. The first-order valence-electron chi connectivity index (χ1n) is 9.28. The minimum Gasteiger partial charge on any atom is -0.493 e. The van der Waals surface area contributed by atoms with Gasteiger partial charge in [0.05, 0.1) is 38.1 Å². The summed E-state index contributed by atoms with van der Waals surface area (Å²) in [7, 11) is 3.16. The molecule has 1 aliphatic rings. The smallest absolute Gasteiger partial charge is 0.267 e. The molecule has 1 amide bonds. The molecule has 3 aromatic rings. The first kappa shape index (κ1) is 21.0. The fourth-order valence-electron chi connectivity index (χ4n) is 2.87. The molecule has 1 aliphatic heterocycles. The normalized spacial score (nSPS) is 16.7. The van der Waals surface area contributed by atoms with Gasteiger partial charge in [-0.2, -0.15) is 5.10 Å². The average molecular weight is 454 g/mol. The van der Waals surface area contributed by atoms with Gasteiger partial charge >= 0.3 is 0 Å². The number of hydrogen-bond donors (Lipinski definition) is 0. The lowest BCUT2D eigenvalue weighted by atomic mass is 10.2. The molecule has 158 valence electrons. The van der Waals surface area contributed by atoms with Crippen molar-refractivity contribution >= 4 is 46.5 Å². The molecule has 0 atom stereocenters. The summed E-state index contributed by atoms with van der Waals surface area (Å²) in [6.07, 6.45) is 5.05. The van der Waals surface area contributed by atoms with Gasteiger partial charge in [-0.15, -0.1) is 16.4 Å². The summed E-state index contributed by atoms with van der Waals surface area (Å²) in [4.78, 5) is 16.2. The summed E-state index contributed by atoms with van der Waals surface area (Å²) in [6, 6.07) is 13.0. The summed E-state index contributed by atoms with van der Waals surface area (Å²) >= 11 is 2.83. The summed E-state index contributed by atoms with van der Waals surface area (Å²) in [5.74, 6) is 1.71. The van der Waals surface area contributed by atoms with Gasteiger partial charge in [0.2, 0.25) is 0 Å². The van der Waals surface area contributed by atoms with Gasteiger partial charge in [-0.1, -0.05) is 12.1 Å². The molecule has 31 heavy (non-hydrogen) atoms. The van der Waals surface area contributed by atoms with E-state index >= 15 is 0 Å². The van der Waals surface area contributed by atoms with Crippen LogP contribution >= 0.6 is 23.1 Å². The van der Waals surface area contributed by atoms with Crippen molar-refractivity contribution < 1.29 is 18.7 Å². The van der Waals surface area contributed by atoms with Crippen LogP contribution in [0.1, 0.15) is 16.2 Å². The van der Waals surface area contributed by atoms with E-state index in [9.17, 15) is 4.79 Å². The van der Waals surface area contributed by atoms with E-state index in [0.29, 0.717) is 27.3 Å². The number of thioether (sulfide) groups is 1. The molecular weight excluding hydrogens is 434 g/mol. The molecule has 0 unspecified atom stereocenters. The van der Waals surface area contributed by atoms with Crippen LogP contribution < -0.4 is 9.47 Å². The minimum atomic E-state index is -0.166. The molecule has 3 heterocycles. The minimum absolute atomic E-state index is 0.166. The zero-order valence-corrected chi connectivity index (χ0v) is 18.5. The number of rotatable bonds is 7. The molecule has 0 bridgehead atoms. The number of hydrogen-bond acceptors (Lipinski definition) is 8. The highest BCUT2D eigenvalue weighted by molar-refractivity contribution is 8.18. The molecule has 0 saturated carbocycles. The molecular formula is C22H19N3O4S2. The quantitative estimate of drug-likeness (QED) is 0.290. The number of methoxy groups -OCH3 is 2. The number of amidine groups is 1. The van der Waals surface area contributed by atoms with Crippen LogP contribution in [0, 0.1) is 0 Å². The molecule has 0 spiro atoms. The zero-order chi connectivity index (χ0) is 21.6. The molecule has 4 rings (SSSR count). The standard InChI is InChI=1S/C22H19N3O4S2/c1-27-18-8-7-15(11-19(18)28-2)12-20-21(26)25(14-16-5-3-9-29-16)22(31-20)24-23-13-17-6-4-10-30-17/h3-13H,14H2,1-2H3/b20-12-,23-13-,24-22+. The first-order chi connectivity index (χ1) is 15.2. The van der Waals surface area contributed by atoms with Gasteiger partial charge in [0.1, 0.15) is 5.76 Å². The number of benzene rings is 1. The van der Waals surface area contributed by atoms with Crippen LogP contribution in [-0.4, -0.2) is 36.4 Å². The van der Waals surface area contributed by atoms with Crippen molar-refractivity contribution in [2.24, 2.45) is 10.2 Å². The molecule has 0 aliphatic carbocycles. The topological polar surface area (TPSA) is 76.6 Å². The fourth-order valence-corrected chi connectivity index (χ4v) is 4.39. The van der Waals surface area contributed by atoms with Crippen molar-refractivity contribution in [1.29, 1.82) is 0 Å². The van der Waals surface area contributed by atoms with Crippen molar-refractivity contribution in [3.63, 3.8) is 0 Å². The number of amides is 1. The molecule has 0 N–H and O–H groups in total. The van der Waals surface area contributed by atoms with E-state index in [4.69, 9.17) is 13.9 Å². The molecule has 0 radical (unpaired) electrons. The van der Waals surface area contributed by atoms with Crippen molar-refractivity contribution in [1.82, 2.24) is 4.90 Å². The summed E-state index contributed by atoms with van der Waals surface area (Å²) in [6.45, 7) is 0.273. The van der Waals surface area contributed by atoms with Gasteiger partial charge < -0.3 is 13.9 Å².